The van der Waals surface area contributed by atoms with E-state index in [1.165, 1.54) is 5.56 Å². The van der Waals surface area contributed by atoms with Gasteiger partial charge in [0.05, 0.1) is 22.6 Å². The highest BCUT2D eigenvalue weighted by Gasteiger charge is 2.26. The Morgan fingerprint density at radius 1 is 0.852 bits per heavy atom. The van der Waals surface area contributed by atoms with Crippen LogP contribution in [0, 0.1) is 0 Å². The molecule has 5 nitrogen and oxygen atoms in total. The highest BCUT2D eigenvalue weighted by atomic mass is 16.2. The average Bonchev–Trinajstić information content (AvgIpc) is 3.07. The molecule has 2 heterocycles. The van der Waals surface area contributed by atoms with Gasteiger partial charge in [-0.3, -0.25) is 9.59 Å². The molecule has 0 aromatic heterocycles. The van der Waals surface area contributed by atoms with Crippen LogP contribution in [0.1, 0.15) is 26.3 Å². The Morgan fingerprint density at radius 2 is 1.67 bits per heavy atom. The fourth-order valence-corrected chi connectivity index (χ4v) is 3.72. The molecule has 2 N–H and O–H groups in total. The molecule has 0 saturated carbocycles. The van der Waals surface area contributed by atoms with Gasteiger partial charge < -0.3 is 15.5 Å². The Labute approximate surface area is 156 Å². The molecular formula is C22H17N3O2. The van der Waals surface area contributed by atoms with Crippen LogP contribution in [0.15, 0.2) is 66.7 Å². The molecule has 0 aliphatic carbocycles. The minimum Gasteiger partial charge on any atom is -0.353 e. The normalized spacial score (nSPS) is 14.4. The molecule has 0 spiro atoms. The lowest BCUT2D eigenvalue weighted by Crippen LogP contribution is -2.29. The first-order valence-electron chi connectivity index (χ1n) is 8.92. The Morgan fingerprint density at radius 3 is 2.59 bits per heavy atom. The third kappa shape index (κ3) is 2.56. The van der Waals surface area contributed by atoms with Crippen molar-refractivity contribution in [2.75, 3.05) is 22.1 Å². The molecule has 2 aliphatic heterocycles. The van der Waals surface area contributed by atoms with E-state index in [-0.39, 0.29) is 11.8 Å². The predicted molar refractivity (Wildman–Crippen MR) is 106 cm³/mol. The van der Waals surface area contributed by atoms with Crippen molar-refractivity contribution in [3.63, 3.8) is 0 Å². The molecule has 5 rings (SSSR count). The van der Waals surface area contributed by atoms with E-state index in [0.717, 1.165) is 23.5 Å². The summed E-state index contributed by atoms with van der Waals surface area (Å²) in [6.45, 7) is 0.672. The SMILES string of the molecule is O=C1Nc2cc(C(=O)N3CCc4ccccc43)ccc2Nc2ccccc21. The minimum atomic E-state index is -0.187. The van der Waals surface area contributed by atoms with Crippen molar-refractivity contribution in [1.29, 1.82) is 0 Å². The Hall–Kier alpha value is -3.60. The molecule has 0 radical (unpaired) electrons. The lowest BCUT2D eigenvalue weighted by Gasteiger charge is -2.18. The van der Waals surface area contributed by atoms with E-state index >= 15 is 0 Å². The zero-order valence-electron chi connectivity index (χ0n) is 14.5. The molecule has 0 fully saturated rings. The van der Waals surface area contributed by atoms with Gasteiger partial charge in [0, 0.05) is 17.8 Å². The summed E-state index contributed by atoms with van der Waals surface area (Å²) in [4.78, 5) is 27.4. The van der Waals surface area contributed by atoms with Crippen molar-refractivity contribution < 1.29 is 9.59 Å². The number of rotatable bonds is 1. The molecule has 132 valence electrons. The number of nitrogens with one attached hydrogen (secondary N) is 2. The predicted octanol–water partition coefficient (Wildman–Crippen LogP) is 4.20. The quantitative estimate of drug-likeness (QED) is 0.688. The van der Waals surface area contributed by atoms with Crippen LogP contribution < -0.4 is 15.5 Å². The molecule has 3 aromatic carbocycles. The van der Waals surface area contributed by atoms with Crippen LogP contribution in [-0.4, -0.2) is 18.4 Å². The molecule has 2 aliphatic rings. The van der Waals surface area contributed by atoms with Crippen molar-refractivity contribution >= 4 is 34.6 Å². The van der Waals surface area contributed by atoms with Crippen molar-refractivity contribution in [3.8, 4) is 0 Å². The summed E-state index contributed by atoms with van der Waals surface area (Å²) in [6, 6.07) is 20.7. The highest BCUT2D eigenvalue weighted by Crippen LogP contribution is 2.34. The summed E-state index contributed by atoms with van der Waals surface area (Å²) in [5, 5.41) is 6.19. The summed E-state index contributed by atoms with van der Waals surface area (Å²) in [5.74, 6) is -0.244. The van der Waals surface area contributed by atoms with E-state index < -0.39 is 0 Å². The van der Waals surface area contributed by atoms with Gasteiger partial charge in [0.2, 0.25) is 0 Å². The van der Waals surface area contributed by atoms with E-state index in [4.69, 9.17) is 0 Å². The van der Waals surface area contributed by atoms with Crippen LogP contribution >= 0.6 is 0 Å². The van der Waals surface area contributed by atoms with Gasteiger partial charge in [0.1, 0.15) is 0 Å². The lowest BCUT2D eigenvalue weighted by molar-refractivity contribution is 0.0986. The van der Waals surface area contributed by atoms with E-state index in [0.29, 0.717) is 23.4 Å². The van der Waals surface area contributed by atoms with Crippen molar-refractivity contribution in [2.45, 2.75) is 6.42 Å². The monoisotopic (exact) mass is 355 g/mol. The second kappa shape index (κ2) is 5.99. The van der Waals surface area contributed by atoms with E-state index in [1.807, 2.05) is 42.5 Å². The summed E-state index contributed by atoms with van der Waals surface area (Å²) in [5.41, 5.74) is 5.41. The molecule has 0 bridgehead atoms. The Kier molecular flexibility index (Phi) is 3.47. The number of hydrogen-bond acceptors (Lipinski definition) is 3. The molecular weight excluding hydrogens is 338 g/mol. The van der Waals surface area contributed by atoms with Crippen molar-refractivity contribution in [2.24, 2.45) is 0 Å². The maximum atomic E-state index is 13.1. The number of anilines is 4. The minimum absolute atomic E-state index is 0.0567. The third-order valence-corrected chi connectivity index (χ3v) is 5.09. The molecule has 3 aromatic rings. The number of hydrogen-bond donors (Lipinski definition) is 2. The van der Waals surface area contributed by atoms with Crippen molar-refractivity contribution in [3.05, 3.63) is 83.4 Å². The maximum Gasteiger partial charge on any atom is 0.258 e. The Balaban J connectivity index is 1.50. The second-order valence-electron chi connectivity index (χ2n) is 6.72. The van der Waals surface area contributed by atoms with Crippen LogP contribution in [0.25, 0.3) is 0 Å². The number of nitrogens with zero attached hydrogens (tertiary/aromatic N) is 1. The van der Waals surface area contributed by atoms with Crippen molar-refractivity contribution in [1.82, 2.24) is 0 Å². The second-order valence-corrected chi connectivity index (χ2v) is 6.72. The summed E-state index contributed by atoms with van der Waals surface area (Å²) in [7, 11) is 0. The maximum absolute atomic E-state index is 13.1. The van der Waals surface area contributed by atoms with Crippen LogP contribution in [0.3, 0.4) is 0 Å². The zero-order valence-corrected chi connectivity index (χ0v) is 14.5. The standard InChI is InChI=1S/C22H17N3O2/c26-21-16-6-2-3-7-17(16)23-18-10-9-15(13-19(18)24-21)22(27)25-12-11-14-5-1-4-8-20(14)25/h1-10,13,23H,11-12H2,(H,24,26). The number of benzene rings is 3. The fraction of sp³-hybridized carbons (Fsp3) is 0.0909. The summed E-state index contributed by atoms with van der Waals surface area (Å²) >= 11 is 0. The van der Waals surface area contributed by atoms with Gasteiger partial charge in [-0.25, -0.2) is 0 Å². The van der Waals surface area contributed by atoms with Gasteiger partial charge in [-0.15, -0.1) is 0 Å². The van der Waals surface area contributed by atoms with E-state index in [9.17, 15) is 9.59 Å². The van der Waals surface area contributed by atoms with Crippen LogP contribution in [0.4, 0.5) is 22.7 Å². The fourth-order valence-electron chi connectivity index (χ4n) is 3.72. The van der Waals surface area contributed by atoms with E-state index in [1.54, 1.807) is 23.1 Å². The van der Waals surface area contributed by atoms with Crippen LogP contribution in [-0.2, 0) is 6.42 Å². The number of fused-ring (bicyclic) bond motifs is 3. The molecule has 5 heteroatoms. The van der Waals surface area contributed by atoms with E-state index in [2.05, 4.69) is 16.7 Å². The first kappa shape index (κ1) is 15.6. The summed E-state index contributed by atoms with van der Waals surface area (Å²) in [6.07, 6.45) is 0.862. The molecule has 2 amide bonds. The average molecular weight is 355 g/mol. The summed E-state index contributed by atoms with van der Waals surface area (Å²) < 4.78 is 0. The molecule has 0 saturated heterocycles. The van der Waals surface area contributed by atoms with Gasteiger partial charge in [-0.1, -0.05) is 30.3 Å². The highest BCUT2D eigenvalue weighted by molar-refractivity contribution is 6.14. The Bertz CT molecular complexity index is 1090. The van der Waals surface area contributed by atoms with Gasteiger partial charge >= 0.3 is 0 Å². The lowest BCUT2D eigenvalue weighted by atomic mass is 10.1. The third-order valence-electron chi connectivity index (χ3n) is 5.09. The smallest absolute Gasteiger partial charge is 0.258 e. The first-order chi connectivity index (χ1) is 13.2. The molecule has 0 unspecified atom stereocenters. The van der Waals surface area contributed by atoms with Gasteiger partial charge in [0.15, 0.2) is 0 Å². The molecule has 0 atom stereocenters. The van der Waals surface area contributed by atoms with Gasteiger partial charge in [-0.2, -0.15) is 0 Å². The molecule has 27 heavy (non-hydrogen) atoms. The van der Waals surface area contributed by atoms with Crippen LogP contribution in [0.2, 0.25) is 0 Å². The number of para-hydroxylation sites is 2. The first-order valence-corrected chi connectivity index (χ1v) is 8.92. The zero-order chi connectivity index (χ0) is 18.4. The number of carbonyl (C=O) groups excluding carboxylic acids is 2. The van der Waals surface area contributed by atoms with Gasteiger partial charge in [0.25, 0.3) is 11.8 Å². The van der Waals surface area contributed by atoms with Crippen LogP contribution in [0.5, 0.6) is 0 Å². The number of amides is 2. The largest absolute Gasteiger partial charge is 0.353 e. The topological polar surface area (TPSA) is 61.4 Å². The number of carbonyl (C=O) groups is 2. The van der Waals surface area contributed by atoms with Gasteiger partial charge in [-0.05, 0) is 48.4 Å².